The van der Waals surface area contributed by atoms with Gasteiger partial charge in [-0.25, -0.2) is 0 Å². The minimum atomic E-state index is 0.0329. The predicted molar refractivity (Wildman–Crippen MR) is 68.0 cm³/mol. The highest BCUT2D eigenvalue weighted by molar-refractivity contribution is 5.98. The molecule has 0 fully saturated rings. The van der Waals surface area contributed by atoms with Crippen molar-refractivity contribution in [1.29, 1.82) is 5.41 Å². The molecule has 0 saturated carbocycles. The van der Waals surface area contributed by atoms with E-state index < -0.39 is 0 Å². The molecular formula is C12H20N4. The van der Waals surface area contributed by atoms with Gasteiger partial charge in [0.2, 0.25) is 0 Å². The maximum Gasteiger partial charge on any atom is 0.143 e. The molecule has 16 heavy (non-hydrogen) atoms. The molecule has 0 amide bonds. The van der Waals surface area contributed by atoms with Crippen LogP contribution in [0.1, 0.15) is 32.4 Å². The summed E-state index contributed by atoms with van der Waals surface area (Å²) in [5.74, 6) is 0.0329. The number of rotatable bonds is 6. The van der Waals surface area contributed by atoms with Crippen molar-refractivity contribution in [2.75, 3.05) is 18.0 Å². The molecule has 1 aromatic heterocycles. The van der Waals surface area contributed by atoms with E-state index in [2.05, 4.69) is 23.7 Å². The zero-order chi connectivity index (χ0) is 12.0. The fourth-order valence-electron chi connectivity index (χ4n) is 1.66. The quantitative estimate of drug-likeness (QED) is 0.569. The molecule has 3 N–H and O–H groups in total. The Morgan fingerprint density at radius 3 is 2.81 bits per heavy atom. The lowest BCUT2D eigenvalue weighted by atomic mass is 10.2. The first kappa shape index (κ1) is 12.5. The first-order valence-electron chi connectivity index (χ1n) is 5.75. The van der Waals surface area contributed by atoms with Gasteiger partial charge in [-0.15, -0.1) is 0 Å². The summed E-state index contributed by atoms with van der Waals surface area (Å²) in [7, 11) is 0. The molecule has 0 aromatic carbocycles. The molecule has 88 valence electrons. The van der Waals surface area contributed by atoms with E-state index in [0.717, 1.165) is 31.6 Å². The number of anilines is 1. The summed E-state index contributed by atoms with van der Waals surface area (Å²) in [4.78, 5) is 6.38. The number of nitrogens with one attached hydrogen (secondary N) is 1. The zero-order valence-corrected chi connectivity index (χ0v) is 10.0. The fraction of sp³-hybridized carbons (Fsp3) is 0.500. The van der Waals surface area contributed by atoms with E-state index >= 15 is 0 Å². The third-order valence-electron chi connectivity index (χ3n) is 2.55. The molecule has 0 spiro atoms. The molecule has 0 bridgehead atoms. The van der Waals surface area contributed by atoms with Gasteiger partial charge in [0.05, 0.1) is 5.69 Å². The minimum Gasteiger partial charge on any atom is -0.382 e. The van der Waals surface area contributed by atoms with E-state index in [9.17, 15) is 0 Å². The fourth-order valence-corrected chi connectivity index (χ4v) is 1.66. The standard InChI is InChI=1S/C12H20N4/c1-3-5-9-16(4-2)10-7-6-8-15-11(10)12(13)14/h6-8H,3-5,9H2,1-2H3,(H3,13,14). The normalized spacial score (nSPS) is 10.1. The summed E-state index contributed by atoms with van der Waals surface area (Å²) in [6.45, 7) is 6.17. The summed E-state index contributed by atoms with van der Waals surface area (Å²) in [6.07, 6.45) is 3.97. The average Bonchev–Trinajstić information content (AvgIpc) is 2.30. The van der Waals surface area contributed by atoms with Crippen LogP contribution in [-0.4, -0.2) is 23.9 Å². The second-order valence-corrected chi connectivity index (χ2v) is 3.72. The molecule has 1 heterocycles. The highest BCUT2D eigenvalue weighted by atomic mass is 15.1. The Morgan fingerprint density at radius 2 is 2.25 bits per heavy atom. The van der Waals surface area contributed by atoms with Crippen molar-refractivity contribution in [3.8, 4) is 0 Å². The number of aromatic nitrogens is 1. The molecular weight excluding hydrogens is 200 g/mol. The van der Waals surface area contributed by atoms with Gasteiger partial charge in [0.15, 0.2) is 0 Å². The smallest absolute Gasteiger partial charge is 0.143 e. The molecule has 4 nitrogen and oxygen atoms in total. The van der Waals surface area contributed by atoms with Crippen LogP contribution in [0.25, 0.3) is 0 Å². The van der Waals surface area contributed by atoms with E-state index in [1.54, 1.807) is 6.20 Å². The van der Waals surface area contributed by atoms with Gasteiger partial charge in [-0.3, -0.25) is 10.4 Å². The van der Waals surface area contributed by atoms with Crippen LogP contribution in [0.4, 0.5) is 5.69 Å². The van der Waals surface area contributed by atoms with Crippen LogP contribution in [0, 0.1) is 5.41 Å². The van der Waals surface area contributed by atoms with Crippen LogP contribution < -0.4 is 10.6 Å². The third kappa shape index (κ3) is 2.95. The van der Waals surface area contributed by atoms with Crippen LogP contribution in [0.5, 0.6) is 0 Å². The van der Waals surface area contributed by atoms with Gasteiger partial charge >= 0.3 is 0 Å². The minimum absolute atomic E-state index is 0.0329. The van der Waals surface area contributed by atoms with Crippen molar-refractivity contribution in [3.63, 3.8) is 0 Å². The van der Waals surface area contributed by atoms with Gasteiger partial charge < -0.3 is 10.6 Å². The second-order valence-electron chi connectivity index (χ2n) is 3.72. The number of hydrogen-bond donors (Lipinski definition) is 2. The van der Waals surface area contributed by atoms with Crippen molar-refractivity contribution in [3.05, 3.63) is 24.0 Å². The first-order chi connectivity index (χ1) is 7.70. The molecule has 1 rings (SSSR count). The first-order valence-corrected chi connectivity index (χ1v) is 5.75. The van der Waals surface area contributed by atoms with Crippen molar-refractivity contribution in [1.82, 2.24) is 4.98 Å². The SMILES string of the molecule is CCCCN(CC)c1cccnc1C(=N)N. The lowest BCUT2D eigenvalue weighted by Crippen LogP contribution is -2.27. The molecule has 1 aromatic rings. The van der Waals surface area contributed by atoms with Crippen molar-refractivity contribution >= 4 is 11.5 Å². The molecule has 0 aliphatic heterocycles. The van der Waals surface area contributed by atoms with E-state index in [4.69, 9.17) is 11.1 Å². The Morgan fingerprint density at radius 1 is 1.50 bits per heavy atom. The van der Waals surface area contributed by atoms with Crippen LogP contribution >= 0.6 is 0 Å². The summed E-state index contributed by atoms with van der Waals surface area (Å²) in [6, 6.07) is 3.86. The summed E-state index contributed by atoms with van der Waals surface area (Å²) < 4.78 is 0. The summed E-state index contributed by atoms with van der Waals surface area (Å²) in [5, 5.41) is 7.51. The summed E-state index contributed by atoms with van der Waals surface area (Å²) in [5.41, 5.74) is 7.08. The monoisotopic (exact) mass is 220 g/mol. The van der Waals surface area contributed by atoms with Gasteiger partial charge in [0.1, 0.15) is 11.5 Å². The number of nitrogens with zero attached hydrogens (tertiary/aromatic N) is 2. The van der Waals surface area contributed by atoms with Crippen LogP contribution in [0.3, 0.4) is 0 Å². The van der Waals surface area contributed by atoms with Gasteiger partial charge in [0.25, 0.3) is 0 Å². The van der Waals surface area contributed by atoms with Gasteiger partial charge in [0, 0.05) is 19.3 Å². The molecule has 0 saturated heterocycles. The van der Waals surface area contributed by atoms with E-state index in [1.165, 1.54) is 0 Å². The zero-order valence-electron chi connectivity index (χ0n) is 10.0. The van der Waals surface area contributed by atoms with Crippen LogP contribution in [0.15, 0.2) is 18.3 Å². The Labute approximate surface area is 97.0 Å². The number of hydrogen-bond acceptors (Lipinski definition) is 3. The van der Waals surface area contributed by atoms with Crippen molar-refractivity contribution in [2.45, 2.75) is 26.7 Å². The largest absolute Gasteiger partial charge is 0.382 e. The molecule has 0 unspecified atom stereocenters. The number of unbranched alkanes of at least 4 members (excludes halogenated alkanes) is 1. The number of nitrogen functional groups attached to an aromatic ring is 1. The Bertz CT molecular complexity index is 349. The van der Waals surface area contributed by atoms with Gasteiger partial charge in [-0.1, -0.05) is 13.3 Å². The van der Waals surface area contributed by atoms with E-state index in [0.29, 0.717) is 5.69 Å². The second kappa shape index (κ2) is 6.10. The average molecular weight is 220 g/mol. The highest BCUT2D eigenvalue weighted by Crippen LogP contribution is 2.18. The summed E-state index contributed by atoms with van der Waals surface area (Å²) >= 11 is 0. The van der Waals surface area contributed by atoms with Gasteiger partial charge in [-0.2, -0.15) is 0 Å². The van der Waals surface area contributed by atoms with E-state index in [-0.39, 0.29) is 5.84 Å². The Hall–Kier alpha value is -1.58. The maximum absolute atomic E-state index is 7.51. The molecule has 0 aliphatic carbocycles. The molecule has 0 atom stereocenters. The molecule has 0 aliphatic rings. The highest BCUT2D eigenvalue weighted by Gasteiger charge is 2.11. The lowest BCUT2D eigenvalue weighted by molar-refractivity contribution is 0.730. The Balaban J connectivity index is 2.94. The number of nitrogens with two attached hydrogens (primary N) is 1. The lowest BCUT2D eigenvalue weighted by Gasteiger charge is -2.24. The van der Waals surface area contributed by atoms with Crippen molar-refractivity contribution < 1.29 is 0 Å². The van der Waals surface area contributed by atoms with Crippen LogP contribution in [-0.2, 0) is 0 Å². The van der Waals surface area contributed by atoms with Gasteiger partial charge in [-0.05, 0) is 25.5 Å². The molecule has 4 heteroatoms. The molecule has 0 radical (unpaired) electrons. The number of amidine groups is 1. The topological polar surface area (TPSA) is 66.0 Å². The predicted octanol–water partition coefficient (Wildman–Crippen LogP) is 1.99. The Kier molecular flexibility index (Phi) is 4.76. The van der Waals surface area contributed by atoms with E-state index in [1.807, 2.05) is 12.1 Å². The number of pyridine rings is 1. The third-order valence-corrected chi connectivity index (χ3v) is 2.55. The van der Waals surface area contributed by atoms with Crippen molar-refractivity contribution in [2.24, 2.45) is 5.73 Å². The van der Waals surface area contributed by atoms with Crippen LogP contribution in [0.2, 0.25) is 0 Å². The maximum atomic E-state index is 7.51.